The molecular formula is C25H36N2O4. The van der Waals surface area contributed by atoms with Crippen LogP contribution in [0.5, 0.6) is 0 Å². The maximum absolute atomic E-state index is 12.9. The zero-order valence-electron chi connectivity index (χ0n) is 19.2. The fourth-order valence-corrected chi connectivity index (χ4v) is 5.25. The van der Waals surface area contributed by atoms with Gasteiger partial charge in [0.05, 0.1) is 19.2 Å². The predicted octanol–water partition coefficient (Wildman–Crippen LogP) is 4.77. The van der Waals surface area contributed by atoms with Crippen molar-refractivity contribution in [3.63, 3.8) is 0 Å². The van der Waals surface area contributed by atoms with Crippen LogP contribution in [0.15, 0.2) is 16.5 Å². The molecular weight excluding hydrogens is 392 g/mol. The van der Waals surface area contributed by atoms with E-state index in [0.29, 0.717) is 11.6 Å². The molecule has 6 nitrogen and oxygen atoms in total. The highest BCUT2D eigenvalue weighted by Crippen LogP contribution is 2.37. The highest BCUT2D eigenvalue weighted by molar-refractivity contribution is 6.07. The van der Waals surface area contributed by atoms with Crippen LogP contribution < -0.4 is 4.90 Å². The van der Waals surface area contributed by atoms with Crippen LogP contribution in [0, 0.1) is 0 Å². The third-order valence-corrected chi connectivity index (χ3v) is 6.81. The van der Waals surface area contributed by atoms with Crippen molar-refractivity contribution in [1.29, 1.82) is 0 Å². The van der Waals surface area contributed by atoms with Gasteiger partial charge < -0.3 is 18.8 Å². The van der Waals surface area contributed by atoms with E-state index < -0.39 is 0 Å². The molecule has 2 aromatic rings. The van der Waals surface area contributed by atoms with Crippen molar-refractivity contribution in [2.75, 3.05) is 44.9 Å². The summed E-state index contributed by atoms with van der Waals surface area (Å²) in [6.07, 6.45) is 6.57. The smallest absolute Gasteiger partial charge is 0.338 e. The van der Waals surface area contributed by atoms with Crippen molar-refractivity contribution in [3.8, 4) is 0 Å². The number of rotatable bonds is 7. The van der Waals surface area contributed by atoms with Gasteiger partial charge in [-0.2, -0.15) is 0 Å². The molecule has 0 N–H and O–H groups in total. The molecule has 2 saturated heterocycles. The summed E-state index contributed by atoms with van der Waals surface area (Å²) < 4.78 is 17.1. The van der Waals surface area contributed by atoms with E-state index in [0.717, 1.165) is 86.6 Å². The monoisotopic (exact) mass is 428 g/mol. The number of hydrogen-bond donors (Lipinski definition) is 0. The second-order valence-corrected chi connectivity index (χ2v) is 8.69. The Morgan fingerprint density at radius 2 is 1.90 bits per heavy atom. The van der Waals surface area contributed by atoms with Crippen molar-refractivity contribution in [2.45, 2.75) is 65.0 Å². The first-order chi connectivity index (χ1) is 15.2. The topological polar surface area (TPSA) is 55.2 Å². The summed E-state index contributed by atoms with van der Waals surface area (Å²) in [5, 5.41) is 0.877. The summed E-state index contributed by atoms with van der Waals surface area (Å²) in [5.41, 5.74) is 3.60. The maximum atomic E-state index is 12.9. The SMILES string of the molecule is CCc1c(N(CC)C2CCOCC2)cc2oc(CN3CCCCC3)cc2c1C(=O)OC. The number of likely N-dealkylation sites (tertiary alicyclic amines) is 1. The van der Waals surface area contributed by atoms with Gasteiger partial charge in [0.2, 0.25) is 0 Å². The highest BCUT2D eigenvalue weighted by Gasteiger charge is 2.28. The Morgan fingerprint density at radius 1 is 1.16 bits per heavy atom. The number of nitrogens with zero attached hydrogens (tertiary/aromatic N) is 2. The molecule has 1 aromatic heterocycles. The minimum atomic E-state index is -0.281. The van der Waals surface area contributed by atoms with Gasteiger partial charge in [0.1, 0.15) is 11.3 Å². The average molecular weight is 429 g/mol. The molecule has 0 bridgehead atoms. The number of benzene rings is 1. The molecule has 1 aromatic carbocycles. The molecule has 4 rings (SSSR count). The Morgan fingerprint density at radius 3 is 2.55 bits per heavy atom. The van der Waals surface area contributed by atoms with Gasteiger partial charge in [0.25, 0.3) is 0 Å². The Balaban J connectivity index is 1.78. The lowest BCUT2D eigenvalue weighted by atomic mass is 9.96. The number of esters is 1. The molecule has 0 atom stereocenters. The fraction of sp³-hybridized carbons (Fsp3) is 0.640. The van der Waals surface area contributed by atoms with Crippen LogP contribution in [-0.4, -0.2) is 56.9 Å². The Kier molecular flexibility index (Phi) is 7.18. The third kappa shape index (κ3) is 4.60. The lowest BCUT2D eigenvalue weighted by Gasteiger charge is -2.36. The van der Waals surface area contributed by atoms with E-state index in [4.69, 9.17) is 13.9 Å². The van der Waals surface area contributed by atoms with Gasteiger partial charge in [-0.1, -0.05) is 13.3 Å². The summed E-state index contributed by atoms with van der Waals surface area (Å²) >= 11 is 0. The van der Waals surface area contributed by atoms with E-state index in [-0.39, 0.29) is 5.97 Å². The number of hydrogen-bond acceptors (Lipinski definition) is 6. The zero-order valence-corrected chi connectivity index (χ0v) is 19.2. The third-order valence-electron chi connectivity index (χ3n) is 6.81. The second-order valence-electron chi connectivity index (χ2n) is 8.69. The molecule has 2 aliphatic heterocycles. The minimum Gasteiger partial charge on any atom is -0.465 e. The number of furan rings is 1. The van der Waals surface area contributed by atoms with Gasteiger partial charge in [-0.3, -0.25) is 4.90 Å². The Hall–Kier alpha value is -2.05. The molecule has 31 heavy (non-hydrogen) atoms. The van der Waals surface area contributed by atoms with Crippen LogP contribution >= 0.6 is 0 Å². The zero-order chi connectivity index (χ0) is 21.8. The normalized spacial score (nSPS) is 18.4. The Bertz CT molecular complexity index is 895. The van der Waals surface area contributed by atoms with Gasteiger partial charge >= 0.3 is 5.97 Å². The van der Waals surface area contributed by atoms with E-state index in [2.05, 4.69) is 35.8 Å². The van der Waals surface area contributed by atoms with Crippen molar-refractivity contribution >= 4 is 22.6 Å². The highest BCUT2D eigenvalue weighted by atomic mass is 16.5. The number of methoxy groups -OCH3 is 1. The largest absolute Gasteiger partial charge is 0.465 e. The average Bonchev–Trinajstić information content (AvgIpc) is 3.21. The second kappa shape index (κ2) is 10.0. The van der Waals surface area contributed by atoms with Crippen LogP contribution in [0.2, 0.25) is 0 Å². The number of carbonyl (C=O) groups excluding carboxylic acids is 1. The first-order valence-corrected chi connectivity index (χ1v) is 11.9. The van der Waals surface area contributed by atoms with Crippen LogP contribution in [-0.2, 0) is 22.4 Å². The molecule has 0 radical (unpaired) electrons. The Labute approximate surface area is 185 Å². The standard InChI is InChI=1S/C25H36N2O4/c1-4-20-22(27(5-2)18-9-13-30-14-10-18)16-23-21(24(20)25(28)29-3)15-19(31-23)17-26-11-7-6-8-12-26/h15-16,18H,4-14,17H2,1-3H3. The first kappa shape index (κ1) is 22.2. The van der Waals surface area contributed by atoms with Gasteiger partial charge in [-0.15, -0.1) is 0 Å². The van der Waals surface area contributed by atoms with E-state index in [9.17, 15) is 4.79 Å². The number of anilines is 1. The summed E-state index contributed by atoms with van der Waals surface area (Å²) in [6.45, 7) is 9.77. The van der Waals surface area contributed by atoms with Crippen LogP contribution in [0.3, 0.4) is 0 Å². The van der Waals surface area contributed by atoms with Gasteiger partial charge in [-0.25, -0.2) is 4.79 Å². The molecule has 6 heteroatoms. The van der Waals surface area contributed by atoms with E-state index in [1.54, 1.807) is 0 Å². The van der Waals surface area contributed by atoms with Gasteiger partial charge in [-0.05, 0) is 63.7 Å². The number of fused-ring (bicyclic) bond motifs is 1. The first-order valence-electron chi connectivity index (χ1n) is 11.9. The van der Waals surface area contributed by atoms with E-state index in [1.807, 2.05) is 0 Å². The number of ether oxygens (including phenoxy) is 2. The summed E-state index contributed by atoms with van der Waals surface area (Å²) in [7, 11) is 1.46. The quantitative estimate of drug-likeness (QED) is 0.592. The predicted molar refractivity (Wildman–Crippen MR) is 123 cm³/mol. The number of carbonyl (C=O) groups is 1. The molecule has 170 valence electrons. The molecule has 2 aliphatic rings. The van der Waals surface area contributed by atoms with Gasteiger partial charge in [0, 0.05) is 42.9 Å². The molecule has 0 unspecified atom stereocenters. The van der Waals surface area contributed by atoms with Crippen LogP contribution in [0.25, 0.3) is 11.0 Å². The van der Waals surface area contributed by atoms with Crippen LogP contribution in [0.1, 0.15) is 67.6 Å². The number of piperidine rings is 1. The molecule has 0 amide bonds. The van der Waals surface area contributed by atoms with Crippen molar-refractivity contribution in [1.82, 2.24) is 4.90 Å². The molecule has 0 aliphatic carbocycles. The summed E-state index contributed by atoms with van der Waals surface area (Å²) in [5.74, 6) is 0.646. The lowest BCUT2D eigenvalue weighted by molar-refractivity contribution is 0.0601. The maximum Gasteiger partial charge on any atom is 0.338 e. The van der Waals surface area contributed by atoms with Crippen molar-refractivity contribution in [2.24, 2.45) is 0 Å². The van der Waals surface area contributed by atoms with E-state index in [1.165, 1.54) is 26.4 Å². The molecule has 2 fully saturated rings. The summed E-state index contributed by atoms with van der Waals surface area (Å²) in [6, 6.07) is 4.62. The minimum absolute atomic E-state index is 0.281. The molecule has 3 heterocycles. The van der Waals surface area contributed by atoms with Crippen molar-refractivity contribution in [3.05, 3.63) is 29.0 Å². The van der Waals surface area contributed by atoms with Gasteiger partial charge in [0.15, 0.2) is 0 Å². The summed E-state index contributed by atoms with van der Waals surface area (Å²) in [4.78, 5) is 17.8. The van der Waals surface area contributed by atoms with E-state index >= 15 is 0 Å². The molecule has 0 saturated carbocycles. The fourth-order valence-electron chi connectivity index (χ4n) is 5.25. The molecule has 0 spiro atoms. The lowest BCUT2D eigenvalue weighted by Crippen LogP contribution is -2.40. The van der Waals surface area contributed by atoms with Crippen molar-refractivity contribution < 1.29 is 18.7 Å². The van der Waals surface area contributed by atoms with Crippen LogP contribution in [0.4, 0.5) is 5.69 Å².